The molecule has 0 aliphatic rings. The third-order valence-electron chi connectivity index (χ3n) is 2.05. The number of nitrogens with two attached hydrogens (primary N) is 4. The van der Waals surface area contributed by atoms with Crippen LogP contribution in [0.4, 0.5) is 0 Å². The van der Waals surface area contributed by atoms with Crippen LogP contribution in [-0.2, 0) is 0 Å². The fourth-order valence-corrected chi connectivity index (χ4v) is 1.05. The van der Waals surface area contributed by atoms with Crippen LogP contribution in [0.15, 0.2) is 0 Å². The van der Waals surface area contributed by atoms with Crippen molar-refractivity contribution in [1.82, 2.24) is 0 Å². The first-order chi connectivity index (χ1) is 5.77. The summed E-state index contributed by atoms with van der Waals surface area (Å²) in [5.41, 5.74) is 17.9. The van der Waals surface area contributed by atoms with Gasteiger partial charge in [-0.2, -0.15) is 0 Å². The molecular formula is C5H16N4O4. The van der Waals surface area contributed by atoms with Crippen LogP contribution < -0.4 is 22.9 Å². The molecule has 0 saturated heterocycles. The minimum absolute atomic E-state index is 1.85. The summed E-state index contributed by atoms with van der Waals surface area (Å²) < 4.78 is 0. The van der Waals surface area contributed by atoms with E-state index in [-0.39, 0.29) is 0 Å². The zero-order valence-electron chi connectivity index (χ0n) is 6.91. The van der Waals surface area contributed by atoms with Crippen LogP contribution in [0.1, 0.15) is 0 Å². The maximum absolute atomic E-state index is 9.03. The first-order valence-corrected chi connectivity index (χ1v) is 3.52. The highest BCUT2D eigenvalue weighted by molar-refractivity contribution is 4.95. The maximum atomic E-state index is 9.03. The van der Waals surface area contributed by atoms with Crippen LogP contribution in [0.25, 0.3) is 0 Å². The monoisotopic (exact) mass is 196 g/mol. The third kappa shape index (κ3) is 1.95. The molecule has 8 nitrogen and oxygen atoms in total. The van der Waals surface area contributed by atoms with Gasteiger partial charge in [-0.05, 0) is 0 Å². The van der Waals surface area contributed by atoms with E-state index in [1.165, 1.54) is 0 Å². The van der Waals surface area contributed by atoms with Crippen molar-refractivity contribution >= 4 is 0 Å². The van der Waals surface area contributed by atoms with Gasteiger partial charge in [-0.3, -0.25) is 0 Å². The normalized spacial score (nSPS) is 25.8. The lowest BCUT2D eigenvalue weighted by Gasteiger charge is -2.42. The van der Waals surface area contributed by atoms with Gasteiger partial charge in [0.05, 0.1) is 0 Å². The van der Waals surface area contributed by atoms with Crippen LogP contribution in [-0.4, -0.2) is 45.3 Å². The van der Waals surface area contributed by atoms with Crippen LogP contribution >= 0.6 is 0 Å². The zero-order chi connectivity index (χ0) is 10.8. The number of hydrogen-bond donors (Lipinski definition) is 8. The van der Waals surface area contributed by atoms with E-state index in [9.17, 15) is 0 Å². The molecule has 0 heterocycles. The van der Waals surface area contributed by atoms with Crippen molar-refractivity contribution in [2.75, 3.05) is 0 Å². The Labute approximate surface area is 74.7 Å². The second kappa shape index (κ2) is 4.26. The summed E-state index contributed by atoms with van der Waals surface area (Å²) in [7, 11) is 0. The molecule has 0 bridgehead atoms. The topological polar surface area (TPSA) is 185 Å². The first-order valence-electron chi connectivity index (χ1n) is 3.52. The highest BCUT2D eigenvalue weighted by Crippen LogP contribution is 2.27. The van der Waals surface area contributed by atoms with Gasteiger partial charge in [-0.1, -0.05) is 0 Å². The molecule has 4 atom stereocenters. The van der Waals surface area contributed by atoms with Crippen molar-refractivity contribution in [3.05, 3.63) is 0 Å². The average Bonchev–Trinajstić information content (AvgIpc) is 1.82. The summed E-state index contributed by atoms with van der Waals surface area (Å²) in [5.74, 6) is 0. The lowest BCUT2D eigenvalue weighted by Crippen LogP contribution is -2.70. The van der Waals surface area contributed by atoms with Crippen molar-refractivity contribution in [3.8, 4) is 0 Å². The Morgan fingerprint density at radius 2 is 0.769 bits per heavy atom. The van der Waals surface area contributed by atoms with Crippen molar-refractivity contribution in [2.24, 2.45) is 28.3 Å². The Kier molecular flexibility index (Phi) is 4.16. The van der Waals surface area contributed by atoms with Crippen LogP contribution in [0.3, 0.4) is 0 Å². The molecule has 0 aliphatic carbocycles. The molecule has 0 aromatic rings. The highest BCUT2D eigenvalue weighted by atomic mass is 16.3. The van der Waals surface area contributed by atoms with Crippen molar-refractivity contribution in [1.29, 1.82) is 0 Å². The van der Waals surface area contributed by atoms with Gasteiger partial charge in [0.1, 0.15) is 30.3 Å². The quantitative estimate of drug-likeness (QED) is 0.205. The maximum Gasteiger partial charge on any atom is 0.126 e. The van der Waals surface area contributed by atoms with Gasteiger partial charge in [-0.15, -0.1) is 0 Å². The van der Waals surface area contributed by atoms with Crippen molar-refractivity contribution in [3.63, 3.8) is 0 Å². The van der Waals surface area contributed by atoms with Gasteiger partial charge in [0.2, 0.25) is 0 Å². The van der Waals surface area contributed by atoms with Gasteiger partial charge in [0, 0.05) is 0 Å². The summed E-state index contributed by atoms with van der Waals surface area (Å²) in [6.07, 6.45) is -7.42. The molecule has 8 heteroatoms. The van der Waals surface area contributed by atoms with Crippen LogP contribution in [0, 0.1) is 5.41 Å². The molecule has 0 saturated carbocycles. The lowest BCUT2D eigenvalue weighted by atomic mass is 9.80. The number of aliphatic hydroxyl groups is 4. The lowest BCUT2D eigenvalue weighted by molar-refractivity contribution is -0.187. The number of rotatable bonds is 4. The Hall–Kier alpha value is -0.320. The molecule has 0 spiro atoms. The van der Waals surface area contributed by atoms with Crippen LogP contribution in [0.2, 0.25) is 0 Å². The molecular weight excluding hydrogens is 180 g/mol. The molecule has 0 aromatic carbocycles. The van der Waals surface area contributed by atoms with Gasteiger partial charge < -0.3 is 43.4 Å². The summed E-state index contributed by atoms with van der Waals surface area (Å²) in [6, 6.07) is 0. The van der Waals surface area contributed by atoms with E-state index >= 15 is 0 Å². The van der Waals surface area contributed by atoms with Crippen molar-refractivity contribution < 1.29 is 20.4 Å². The minimum Gasteiger partial charge on any atom is -0.378 e. The Morgan fingerprint density at radius 3 is 0.769 bits per heavy atom. The molecule has 4 unspecified atom stereocenters. The predicted octanol–water partition coefficient (Wildman–Crippen LogP) is -4.92. The Balaban J connectivity index is 5.06. The van der Waals surface area contributed by atoms with E-state index in [1.807, 2.05) is 0 Å². The first kappa shape index (κ1) is 12.7. The molecule has 80 valence electrons. The molecule has 0 aromatic heterocycles. The summed E-state index contributed by atoms with van der Waals surface area (Å²) in [5, 5.41) is 36.1. The predicted molar refractivity (Wildman–Crippen MR) is 43.2 cm³/mol. The molecule has 13 heavy (non-hydrogen) atoms. The van der Waals surface area contributed by atoms with Gasteiger partial charge >= 0.3 is 0 Å². The third-order valence-corrected chi connectivity index (χ3v) is 2.05. The van der Waals surface area contributed by atoms with E-state index in [1.54, 1.807) is 0 Å². The molecule has 0 amide bonds. The van der Waals surface area contributed by atoms with E-state index in [0.29, 0.717) is 0 Å². The van der Waals surface area contributed by atoms with E-state index < -0.39 is 30.3 Å². The van der Waals surface area contributed by atoms with Crippen LogP contribution in [0.5, 0.6) is 0 Å². The highest BCUT2D eigenvalue weighted by Gasteiger charge is 2.51. The molecule has 12 N–H and O–H groups in total. The van der Waals surface area contributed by atoms with E-state index in [2.05, 4.69) is 0 Å². The molecule has 0 radical (unpaired) electrons. The van der Waals surface area contributed by atoms with Gasteiger partial charge in [-0.25, -0.2) is 0 Å². The molecule has 0 fully saturated rings. The average molecular weight is 196 g/mol. The SMILES string of the molecule is NC(O)C(C(N)O)(C(N)O)C(N)O. The Bertz CT molecular complexity index is 123. The van der Waals surface area contributed by atoms with E-state index in [0.717, 1.165) is 0 Å². The minimum atomic E-state index is -2.17. The smallest absolute Gasteiger partial charge is 0.126 e. The van der Waals surface area contributed by atoms with Gasteiger partial charge in [0.25, 0.3) is 0 Å². The van der Waals surface area contributed by atoms with Crippen molar-refractivity contribution in [2.45, 2.75) is 24.9 Å². The number of aliphatic hydroxyl groups excluding tert-OH is 4. The zero-order valence-corrected chi connectivity index (χ0v) is 6.91. The molecule has 0 aliphatic heterocycles. The number of hydrogen-bond acceptors (Lipinski definition) is 8. The standard InChI is InChI=1S/C5H16N4O4/c6-1(10)5(2(7)11,3(8)12)4(9)13/h1-4,10-13H,6-9H2. The largest absolute Gasteiger partial charge is 0.378 e. The summed E-state index contributed by atoms with van der Waals surface area (Å²) >= 11 is 0. The summed E-state index contributed by atoms with van der Waals surface area (Å²) in [4.78, 5) is 0. The Morgan fingerprint density at radius 1 is 0.615 bits per heavy atom. The fraction of sp³-hybridized carbons (Fsp3) is 1.00. The van der Waals surface area contributed by atoms with E-state index in [4.69, 9.17) is 43.4 Å². The second-order valence-electron chi connectivity index (χ2n) is 2.78. The summed E-state index contributed by atoms with van der Waals surface area (Å²) in [6.45, 7) is 0. The van der Waals surface area contributed by atoms with Gasteiger partial charge in [0.15, 0.2) is 0 Å². The second-order valence-corrected chi connectivity index (χ2v) is 2.78. The molecule has 0 rings (SSSR count). The fourth-order valence-electron chi connectivity index (χ4n) is 1.05.